The molecule has 1 aromatic carbocycles. The zero-order chi connectivity index (χ0) is 15.6. The van der Waals surface area contributed by atoms with Gasteiger partial charge in [0, 0.05) is 25.3 Å². The fourth-order valence-corrected chi connectivity index (χ4v) is 4.24. The Hall–Kier alpha value is -1.02. The lowest BCUT2D eigenvalue weighted by atomic mass is 10.1. The summed E-state index contributed by atoms with van der Waals surface area (Å²) >= 11 is 4.95. The second kappa shape index (κ2) is 6.39. The third-order valence-electron chi connectivity index (χ3n) is 3.54. The fourth-order valence-electron chi connectivity index (χ4n) is 2.25. The highest BCUT2D eigenvalue weighted by Crippen LogP contribution is 2.32. The van der Waals surface area contributed by atoms with E-state index in [1.165, 1.54) is 4.31 Å². The van der Waals surface area contributed by atoms with Crippen LogP contribution in [-0.2, 0) is 14.8 Å². The number of sulfonamides is 1. The van der Waals surface area contributed by atoms with Gasteiger partial charge in [-0.1, -0.05) is 18.3 Å². The first-order valence-corrected chi connectivity index (χ1v) is 8.64. The highest BCUT2D eigenvalue weighted by Gasteiger charge is 2.37. The summed E-state index contributed by atoms with van der Waals surface area (Å²) in [5.41, 5.74) is 7.09. The number of benzene rings is 1. The molecule has 5 nitrogen and oxygen atoms in total. The van der Waals surface area contributed by atoms with E-state index in [9.17, 15) is 8.42 Å². The molecule has 2 N–H and O–H groups in total. The van der Waals surface area contributed by atoms with Crippen molar-refractivity contribution >= 4 is 27.2 Å². The number of nitrogens with two attached hydrogens (primary N) is 1. The van der Waals surface area contributed by atoms with Crippen LogP contribution in [-0.4, -0.2) is 44.0 Å². The first kappa shape index (κ1) is 16.4. The van der Waals surface area contributed by atoms with E-state index in [1.807, 2.05) is 6.92 Å². The van der Waals surface area contributed by atoms with E-state index in [0.717, 1.165) is 18.4 Å². The van der Waals surface area contributed by atoms with Gasteiger partial charge in [0.1, 0.15) is 4.99 Å². The van der Waals surface area contributed by atoms with Gasteiger partial charge in [0.15, 0.2) is 0 Å². The average Bonchev–Trinajstić information content (AvgIpc) is 3.23. The van der Waals surface area contributed by atoms with E-state index in [4.69, 9.17) is 22.7 Å². The first-order valence-electron chi connectivity index (χ1n) is 6.79. The number of nitrogens with zero attached hydrogens (tertiary/aromatic N) is 1. The van der Waals surface area contributed by atoms with Crippen molar-refractivity contribution in [2.24, 2.45) is 5.73 Å². The summed E-state index contributed by atoms with van der Waals surface area (Å²) in [5.74, 6) is 0. The van der Waals surface area contributed by atoms with Crippen LogP contribution in [0.15, 0.2) is 23.1 Å². The van der Waals surface area contributed by atoms with E-state index in [2.05, 4.69) is 0 Å². The van der Waals surface area contributed by atoms with E-state index >= 15 is 0 Å². The second-order valence-electron chi connectivity index (χ2n) is 5.18. The van der Waals surface area contributed by atoms with E-state index in [-0.39, 0.29) is 15.9 Å². The molecule has 1 fully saturated rings. The van der Waals surface area contributed by atoms with Crippen LogP contribution in [0, 0.1) is 6.92 Å². The monoisotopic (exact) mass is 328 g/mol. The summed E-state index contributed by atoms with van der Waals surface area (Å²) in [5, 5.41) is 0. The lowest BCUT2D eigenvalue weighted by molar-refractivity contribution is 0.177. The summed E-state index contributed by atoms with van der Waals surface area (Å²) in [6.45, 7) is 2.57. The maximum absolute atomic E-state index is 12.8. The summed E-state index contributed by atoms with van der Waals surface area (Å²) in [7, 11) is -1.94. The van der Waals surface area contributed by atoms with Crippen molar-refractivity contribution in [3.05, 3.63) is 29.3 Å². The lowest BCUT2D eigenvalue weighted by Crippen LogP contribution is -2.35. The van der Waals surface area contributed by atoms with E-state index in [0.29, 0.717) is 18.7 Å². The molecule has 0 atom stereocenters. The van der Waals surface area contributed by atoms with Crippen LogP contribution < -0.4 is 5.73 Å². The van der Waals surface area contributed by atoms with Gasteiger partial charge >= 0.3 is 0 Å². The quantitative estimate of drug-likeness (QED) is 0.767. The Morgan fingerprint density at radius 1 is 1.48 bits per heavy atom. The topological polar surface area (TPSA) is 72.6 Å². The zero-order valence-corrected chi connectivity index (χ0v) is 13.8. The van der Waals surface area contributed by atoms with Crippen molar-refractivity contribution in [3.63, 3.8) is 0 Å². The standard InChI is InChI=1S/C14H20N2O3S2/c1-10-9-12(5-6-13(10)14(15)20)21(17,18)16(7-8-19-2)11-3-4-11/h5-6,9,11H,3-4,7-8H2,1-2H3,(H2,15,20). The van der Waals surface area contributed by atoms with Gasteiger partial charge < -0.3 is 10.5 Å². The Balaban J connectivity index is 2.33. The smallest absolute Gasteiger partial charge is 0.243 e. The zero-order valence-electron chi connectivity index (χ0n) is 12.2. The van der Waals surface area contributed by atoms with Crippen LogP contribution in [0.25, 0.3) is 0 Å². The van der Waals surface area contributed by atoms with Gasteiger partial charge in [-0.05, 0) is 37.5 Å². The third kappa shape index (κ3) is 3.60. The molecule has 0 saturated heterocycles. The number of hydrogen-bond acceptors (Lipinski definition) is 4. The summed E-state index contributed by atoms with van der Waals surface area (Å²) < 4.78 is 32.1. The molecule has 0 heterocycles. The van der Waals surface area contributed by atoms with Crippen molar-refractivity contribution in [2.75, 3.05) is 20.3 Å². The van der Waals surface area contributed by atoms with Gasteiger partial charge in [0.25, 0.3) is 0 Å². The summed E-state index contributed by atoms with van der Waals surface area (Å²) in [4.78, 5) is 0.554. The molecule has 0 unspecified atom stereocenters. The van der Waals surface area contributed by atoms with Gasteiger partial charge in [-0.2, -0.15) is 4.31 Å². The molecular formula is C14H20N2O3S2. The number of thiocarbonyl (C=S) groups is 1. The number of hydrogen-bond donors (Lipinski definition) is 1. The van der Waals surface area contributed by atoms with Crippen LogP contribution in [0.3, 0.4) is 0 Å². The Labute approximate surface area is 131 Å². The maximum atomic E-state index is 12.8. The van der Waals surface area contributed by atoms with Gasteiger partial charge in [-0.15, -0.1) is 0 Å². The Kier molecular flexibility index (Phi) is 4.98. The molecule has 0 spiro atoms. The molecule has 0 bridgehead atoms. The van der Waals surface area contributed by atoms with Crippen LogP contribution in [0.1, 0.15) is 24.0 Å². The number of aryl methyl sites for hydroxylation is 1. The molecule has 0 amide bonds. The molecule has 7 heteroatoms. The summed E-state index contributed by atoms with van der Waals surface area (Å²) in [6, 6.07) is 4.97. The van der Waals surface area contributed by atoms with Crippen molar-refractivity contribution in [1.29, 1.82) is 0 Å². The van der Waals surface area contributed by atoms with E-state index < -0.39 is 10.0 Å². The van der Waals surface area contributed by atoms with Crippen LogP contribution >= 0.6 is 12.2 Å². The predicted octanol–water partition coefficient (Wildman–Crippen LogP) is 1.43. The molecule has 0 radical (unpaired) electrons. The molecular weight excluding hydrogens is 308 g/mol. The van der Waals surface area contributed by atoms with Gasteiger partial charge in [0.05, 0.1) is 11.5 Å². The first-order chi connectivity index (χ1) is 9.87. The predicted molar refractivity (Wildman–Crippen MR) is 85.9 cm³/mol. The Bertz CT molecular complexity index is 640. The highest BCUT2D eigenvalue weighted by molar-refractivity contribution is 7.89. The third-order valence-corrected chi connectivity index (χ3v) is 5.71. The van der Waals surface area contributed by atoms with Gasteiger partial charge in [-0.25, -0.2) is 8.42 Å². The molecule has 0 aliphatic heterocycles. The maximum Gasteiger partial charge on any atom is 0.243 e. The minimum Gasteiger partial charge on any atom is -0.389 e. The van der Waals surface area contributed by atoms with Gasteiger partial charge in [-0.3, -0.25) is 0 Å². The molecule has 21 heavy (non-hydrogen) atoms. The van der Waals surface area contributed by atoms with E-state index in [1.54, 1.807) is 25.3 Å². The minimum absolute atomic E-state index is 0.0979. The van der Waals surface area contributed by atoms with Crippen molar-refractivity contribution in [3.8, 4) is 0 Å². The molecule has 1 aliphatic rings. The lowest BCUT2D eigenvalue weighted by Gasteiger charge is -2.22. The second-order valence-corrected chi connectivity index (χ2v) is 7.51. The molecule has 0 aromatic heterocycles. The van der Waals surface area contributed by atoms with Crippen LogP contribution in [0.4, 0.5) is 0 Å². The van der Waals surface area contributed by atoms with Crippen molar-refractivity contribution in [1.82, 2.24) is 4.31 Å². The fraction of sp³-hybridized carbons (Fsp3) is 0.500. The molecule has 1 saturated carbocycles. The summed E-state index contributed by atoms with van der Waals surface area (Å²) in [6.07, 6.45) is 1.82. The van der Waals surface area contributed by atoms with Crippen molar-refractivity contribution in [2.45, 2.75) is 30.7 Å². The molecule has 2 rings (SSSR count). The van der Waals surface area contributed by atoms with Crippen LogP contribution in [0.2, 0.25) is 0 Å². The minimum atomic E-state index is -3.51. The number of ether oxygens (including phenoxy) is 1. The number of methoxy groups -OCH3 is 1. The largest absolute Gasteiger partial charge is 0.389 e. The average molecular weight is 328 g/mol. The Morgan fingerprint density at radius 3 is 2.62 bits per heavy atom. The van der Waals surface area contributed by atoms with Crippen molar-refractivity contribution < 1.29 is 13.2 Å². The SMILES string of the molecule is COCCN(C1CC1)S(=O)(=O)c1ccc(C(N)=S)c(C)c1. The molecule has 1 aromatic rings. The molecule has 116 valence electrons. The molecule has 1 aliphatic carbocycles. The highest BCUT2D eigenvalue weighted by atomic mass is 32.2. The normalized spacial score (nSPS) is 15.4. The Morgan fingerprint density at radius 2 is 2.14 bits per heavy atom. The van der Waals surface area contributed by atoms with Gasteiger partial charge in [0.2, 0.25) is 10.0 Å². The number of rotatable bonds is 7. The van der Waals surface area contributed by atoms with Crippen LogP contribution in [0.5, 0.6) is 0 Å².